The first-order chi connectivity index (χ1) is 18.8. The first-order valence-electron chi connectivity index (χ1n) is 12.8. The van der Waals surface area contributed by atoms with Gasteiger partial charge in [0.2, 0.25) is 5.96 Å². The molecule has 3 aliphatic heterocycles. The maximum Gasteiger partial charge on any atom is 0.416 e. The van der Waals surface area contributed by atoms with Crippen molar-refractivity contribution in [2.45, 2.75) is 53.9 Å². The van der Waals surface area contributed by atoms with Gasteiger partial charge in [-0.25, -0.2) is 14.9 Å². The predicted octanol–water partition coefficient (Wildman–Crippen LogP) is 8.46. The third-order valence-electron chi connectivity index (χ3n) is 6.62. The van der Waals surface area contributed by atoms with Crippen LogP contribution in [0.25, 0.3) is 11.1 Å². The second-order valence-corrected chi connectivity index (χ2v) is 12.0. The van der Waals surface area contributed by atoms with Crippen LogP contribution in [0.4, 0.5) is 26.3 Å². The fourth-order valence-electron chi connectivity index (χ4n) is 4.36. The van der Waals surface area contributed by atoms with Crippen LogP contribution in [0, 0.1) is 10.8 Å². The first kappa shape index (κ1) is 28.5. The van der Waals surface area contributed by atoms with Crippen molar-refractivity contribution in [3.8, 4) is 0 Å². The molecule has 2 aromatic rings. The van der Waals surface area contributed by atoms with Gasteiger partial charge in [-0.15, -0.1) is 0 Å². The first-order valence-corrected chi connectivity index (χ1v) is 12.8. The molecule has 0 aliphatic carbocycles. The fourth-order valence-corrected chi connectivity index (χ4v) is 4.36. The number of guanidine groups is 1. The number of allylic oxidation sites excluding steroid dienone is 2. The number of rotatable bonds is 2. The summed E-state index contributed by atoms with van der Waals surface area (Å²) in [5.74, 6) is 1.94. The molecule has 3 heterocycles. The van der Waals surface area contributed by atoms with Crippen molar-refractivity contribution in [3.63, 3.8) is 0 Å². The monoisotopic (exact) mass is 571 g/mol. The zero-order chi connectivity index (χ0) is 30.1. The van der Waals surface area contributed by atoms with Gasteiger partial charge in [0, 0.05) is 22.0 Å². The molecular formula is C30H27F6N5. The Labute approximate surface area is 233 Å². The third-order valence-corrected chi connectivity index (χ3v) is 6.62. The molecule has 0 saturated carbocycles. The number of hydrogen-bond acceptors (Lipinski definition) is 5. The van der Waals surface area contributed by atoms with Crippen molar-refractivity contribution in [2.24, 2.45) is 30.8 Å². The Morgan fingerprint density at radius 1 is 0.561 bits per heavy atom. The maximum atomic E-state index is 13.3. The van der Waals surface area contributed by atoms with Crippen LogP contribution in [0.15, 0.2) is 80.4 Å². The van der Waals surface area contributed by atoms with E-state index in [-0.39, 0.29) is 5.96 Å². The Balaban J connectivity index is 1.79. The van der Waals surface area contributed by atoms with Gasteiger partial charge in [0.15, 0.2) is 11.7 Å². The highest BCUT2D eigenvalue weighted by molar-refractivity contribution is 6.36. The van der Waals surface area contributed by atoms with Crippen molar-refractivity contribution in [1.29, 1.82) is 0 Å². The van der Waals surface area contributed by atoms with Gasteiger partial charge >= 0.3 is 12.4 Å². The SMILES string of the molecule is CC(C)(C)C1=NC2=NC(C(C)(C)C)=NC3=C(c4ccc(C(F)(F)F)cc4)C=C(c4ccc(C(F)(F)F)cc4)C(=N1)N23. The van der Waals surface area contributed by atoms with Gasteiger partial charge in [-0.3, -0.25) is 0 Å². The van der Waals surface area contributed by atoms with Crippen molar-refractivity contribution in [3.05, 3.63) is 82.7 Å². The van der Waals surface area contributed by atoms with Gasteiger partial charge in [0.25, 0.3) is 0 Å². The lowest BCUT2D eigenvalue weighted by Gasteiger charge is -2.38. The van der Waals surface area contributed by atoms with Crippen LogP contribution in [0.2, 0.25) is 0 Å². The summed E-state index contributed by atoms with van der Waals surface area (Å²) in [5.41, 5.74) is -0.840. The van der Waals surface area contributed by atoms with E-state index in [1.165, 1.54) is 24.3 Å². The summed E-state index contributed by atoms with van der Waals surface area (Å²) in [6, 6.07) is 9.32. The fraction of sp³-hybridized carbons (Fsp3) is 0.333. The van der Waals surface area contributed by atoms with Gasteiger partial charge in [-0.2, -0.15) is 36.3 Å². The molecule has 0 N–H and O–H groups in total. The van der Waals surface area contributed by atoms with Crippen LogP contribution in [0.3, 0.4) is 0 Å². The lowest BCUT2D eigenvalue weighted by Crippen LogP contribution is -2.46. The molecule has 5 nitrogen and oxygen atoms in total. The maximum absolute atomic E-state index is 13.3. The van der Waals surface area contributed by atoms with Crippen LogP contribution in [0.5, 0.6) is 0 Å². The van der Waals surface area contributed by atoms with Crippen LogP contribution in [0.1, 0.15) is 63.8 Å². The van der Waals surface area contributed by atoms with Gasteiger partial charge in [0.1, 0.15) is 11.7 Å². The van der Waals surface area contributed by atoms with E-state index in [0.717, 1.165) is 24.3 Å². The summed E-state index contributed by atoms with van der Waals surface area (Å²) in [6.07, 6.45) is -7.33. The van der Waals surface area contributed by atoms with Crippen LogP contribution in [-0.4, -0.2) is 28.4 Å². The molecule has 2 aromatic carbocycles. The second-order valence-electron chi connectivity index (χ2n) is 12.0. The summed E-state index contributed by atoms with van der Waals surface area (Å²) in [7, 11) is 0. The zero-order valence-electron chi connectivity index (χ0n) is 23.2. The molecule has 0 fully saturated rings. The Morgan fingerprint density at radius 3 is 1.49 bits per heavy atom. The van der Waals surface area contributed by atoms with E-state index < -0.39 is 34.3 Å². The molecule has 0 radical (unpaired) electrons. The Hall–Kier alpha value is -4.02. The van der Waals surface area contributed by atoms with Gasteiger partial charge < -0.3 is 0 Å². The van der Waals surface area contributed by atoms with Crippen molar-refractivity contribution in [2.75, 3.05) is 0 Å². The molecule has 5 rings (SSSR count). The molecule has 0 atom stereocenters. The molecule has 0 aromatic heterocycles. The van der Waals surface area contributed by atoms with Crippen LogP contribution in [-0.2, 0) is 12.4 Å². The molecule has 0 bridgehead atoms. The summed E-state index contributed by atoms with van der Waals surface area (Å²) < 4.78 is 79.9. The number of benzene rings is 2. The lowest BCUT2D eigenvalue weighted by molar-refractivity contribution is -0.138. The summed E-state index contributed by atoms with van der Waals surface area (Å²) in [4.78, 5) is 20.7. The average Bonchev–Trinajstić information content (AvgIpc) is 2.86. The minimum absolute atomic E-state index is 0.275. The van der Waals surface area contributed by atoms with Crippen LogP contribution < -0.4 is 0 Å². The molecular weight excluding hydrogens is 544 g/mol. The molecule has 0 amide bonds. The Morgan fingerprint density at radius 2 is 1.02 bits per heavy atom. The predicted molar refractivity (Wildman–Crippen MR) is 148 cm³/mol. The highest BCUT2D eigenvalue weighted by atomic mass is 19.4. The van der Waals surface area contributed by atoms with E-state index >= 15 is 0 Å². The molecule has 41 heavy (non-hydrogen) atoms. The topological polar surface area (TPSA) is 52.7 Å². The summed E-state index contributed by atoms with van der Waals surface area (Å²) >= 11 is 0. The molecule has 11 heteroatoms. The Kier molecular flexibility index (Phi) is 6.43. The van der Waals surface area contributed by atoms with E-state index in [9.17, 15) is 26.3 Å². The third kappa shape index (κ3) is 5.37. The average molecular weight is 572 g/mol. The van der Waals surface area contributed by atoms with E-state index in [2.05, 4.69) is 0 Å². The summed E-state index contributed by atoms with van der Waals surface area (Å²) in [5, 5.41) is 0. The normalized spacial score (nSPS) is 17.9. The highest BCUT2D eigenvalue weighted by Gasteiger charge is 2.41. The highest BCUT2D eigenvalue weighted by Crippen LogP contribution is 2.41. The Bertz CT molecular complexity index is 1590. The largest absolute Gasteiger partial charge is 0.416 e. The van der Waals surface area contributed by atoms with Crippen molar-refractivity contribution < 1.29 is 26.3 Å². The summed E-state index contributed by atoms with van der Waals surface area (Å²) in [6.45, 7) is 11.6. The molecule has 3 aliphatic rings. The molecule has 0 unspecified atom stereocenters. The number of alkyl halides is 6. The van der Waals surface area contributed by atoms with E-state index in [1.807, 2.05) is 41.5 Å². The van der Waals surface area contributed by atoms with Gasteiger partial charge in [-0.1, -0.05) is 65.8 Å². The molecule has 0 spiro atoms. The standard InChI is InChI=1S/C30H27F6N5/c1-27(2,3)24-37-22-20(16-7-11-18(12-8-16)29(31,32)33)15-21(17-9-13-19(14-10-17)30(34,35)36)23-38-25(28(4,5)6)40-26(39-24)41(22)23/h7-15H,1-6H3. The van der Waals surface area contributed by atoms with Gasteiger partial charge in [-0.05, 0) is 41.5 Å². The number of amidine groups is 3. The number of hydrogen-bond donors (Lipinski definition) is 0. The minimum atomic E-state index is -4.52. The number of halogens is 6. The molecule has 214 valence electrons. The van der Waals surface area contributed by atoms with Crippen molar-refractivity contribution in [1.82, 2.24) is 4.90 Å². The second kappa shape index (κ2) is 9.25. The van der Waals surface area contributed by atoms with Gasteiger partial charge in [0.05, 0.1) is 11.1 Å². The number of aliphatic imine (C=N–C) groups is 4. The van der Waals surface area contributed by atoms with E-state index in [1.54, 1.807) is 11.0 Å². The zero-order valence-corrected chi connectivity index (χ0v) is 23.2. The van der Waals surface area contributed by atoms with E-state index in [4.69, 9.17) is 20.0 Å². The minimum Gasteiger partial charge on any atom is -0.245 e. The smallest absolute Gasteiger partial charge is 0.245 e. The quantitative estimate of drug-likeness (QED) is 0.334. The van der Waals surface area contributed by atoms with Crippen molar-refractivity contribution >= 4 is 34.6 Å². The van der Waals surface area contributed by atoms with E-state index in [0.29, 0.717) is 45.6 Å². The number of nitrogens with zero attached hydrogens (tertiary/aromatic N) is 5. The lowest BCUT2D eigenvalue weighted by atomic mass is 9.90. The molecule has 0 saturated heterocycles. The van der Waals surface area contributed by atoms with Crippen LogP contribution >= 0.6 is 0 Å².